The lowest BCUT2D eigenvalue weighted by Gasteiger charge is -2.14. The summed E-state index contributed by atoms with van der Waals surface area (Å²) < 4.78 is 10.6. The lowest BCUT2D eigenvalue weighted by molar-refractivity contribution is -0.139. The zero-order chi connectivity index (χ0) is 15.0. The number of aliphatic carboxylic acids is 1. The molecule has 2 N–H and O–H groups in total. The largest absolute Gasteiger partial charge is 0.493 e. The normalized spacial score (nSPS) is 10.6. The topological polar surface area (TPSA) is 67.8 Å². The first-order valence-corrected chi connectivity index (χ1v) is 6.75. The molecule has 0 atom stereocenters. The number of rotatable bonds is 9. The first-order chi connectivity index (χ1) is 9.54. The van der Waals surface area contributed by atoms with Gasteiger partial charge < -0.3 is 19.9 Å². The highest BCUT2D eigenvalue weighted by Crippen LogP contribution is 2.31. The molecule has 0 saturated heterocycles. The summed E-state index contributed by atoms with van der Waals surface area (Å²) in [4.78, 5) is 10.6. The standard InChI is InChI=1S/C15H23NO4/c1-11(2)7-8-16-9-12-5-4-6-13(19-3)15(12)20-10-14(17)18/h4-6,11,16H,7-10H2,1-3H3,(H,17,18). The van der Waals surface area contributed by atoms with Crippen molar-refractivity contribution in [3.8, 4) is 11.5 Å². The van der Waals surface area contributed by atoms with Gasteiger partial charge in [-0.25, -0.2) is 4.79 Å². The van der Waals surface area contributed by atoms with Crippen LogP contribution in [0.1, 0.15) is 25.8 Å². The third-order valence-electron chi connectivity index (χ3n) is 2.83. The third kappa shape index (κ3) is 5.48. The quantitative estimate of drug-likeness (QED) is 0.680. The maximum atomic E-state index is 10.6. The number of nitrogens with one attached hydrogen (secondary N) is 1. The number of benzene rings is 1. The Hall–Kier alpha value is -1.75. The van der Waals surface area contributed by atoms with E-state index >= 15 is 0 Å². The maximum Gasteiger partial charge on any atom is 0.341 e. The number of carbonyl (C=O) groups is 1. The number of ether oxygens (including phenoxy) is 2. The second-order valence-electron chi connectivity index (χ2n) is 4.99. The van der Waals surface area contributed by atoms with Crippen molar-refractivity contribution in [2.24, 2.45) is 5.92 Å². The van der Waals surface area contributed by atoms with Gasteiger partial charge in [0.15, 0.2) is 18.1 Å². The van der Waals surface area contributed by atoms with Gasteiger partial charge in [0, 0.05) is 12.1 Å². The molecular weight excluding hydrogens is 258 g/mol. The van der Waals surface area contributed by atoms with Crippen molar-refractivity contribution in [1.82, 2.24) is 5.32 Å². The van der Waals surface area contributed by atoms with Gasteiger partial charge in [-0.1, -0.05) is 26.0 Å². The Balaban J connectivity index is 2.69. The lowest BCUT2D eigenvalue weighted by atomic mass is 10.1. The maximum absolute atomic E-state index is 10.6. The second kappa shape index (κ2) is 8.43. The summed E-state index contributed by atoms with van der Waals surface area (Å²) in [6, 6.07) is 5.53. The molecule has 5 heteroatoms. The molecule has 0 saturated carbocycles. The van der Waals surface area contributed by atoms with Crippen molar-refractivity contribution < 1.29 is 19.4 Å². The van der Waals surface area contributed by atoms with Crippen LogP contribution in [0.4, 0.5) is 0 Å². The van der Waals surface area contributed by atoms with Crippen LogP contribution in [-0.2, 0) is 11.3 Å². The van der Waals surface area contributed by atoms with Crippen molar-refractivity contribution in [2.75, 3.05) is 20.3 Å². The first kappa shape index (κ1) is 16.3. The van der Waals surface area contributed by atoms with Crippen LogP contribution in [-0.4, -0.2) is 31.3 Å². The predicted molar refractivity (Wildman–Crippen MR) is 77.3 cm³/mol. The van der Waals surface area contributed by atoms with E-state index in [0.29, 0.717) is 24.0 Å². The van der Waals surface area contributed by atoms with Gasteiger partial charge in [-0.15, -0.1) is 0 Å². The van der Waals surface area contributed by atoms with E-state index in [0.717, 1.165) is 18.5 Å². The van der Waals surface area contributed by atoms with Crippen molar-refractivity contribution in [3.63, 3.8) is 0 Å². The highest BCUT2D eigenvalue weighted by molar-refractivity contribution is 5.68. The molecule has 0 heterocycles. The number of carboxylic acid groups (broad SMARTS) is 1. The number of hydrogen-bond acceptors (Lipinski definition) is 4. The van der Waals surface area contributed by atoms with Crippen LogP contribution < -0.4 is 14.8 Å². The fraction of sp³-hybridized carbons (Fsp3) is 0.533. The summed E-state index contributed by atoms with van der Waals surface area (Å²) in [6.07, 6.45) is 1.09. The summed E-state index contributed by atoms with van der Waals surface area (Å²) in [6.45, 7) is 5.51. The summed E-state index contributed by atoms with van der Waals surface area (Å²) in [5, 5.41) is 12.1. The van der Waals surface area contributed by atoms with Crippen molar-refractivity contribution in [2.45, 2.75) is 26.8 Å². The zero-order valence-electron chi connectivity index (χ0n) is 12.3. The van der Waals surface area contributed by atoms with Crippen molar-refractivity contribution in [1.29, 1.82) is 0 Å². The van der Waals surface area contributed by atoms with Crippen LogP contribution in [0.15, 0.2) is 18.2 Å². The molecule has 5 nitrogen and oxygen atoms in total. The van der Waals surface area contributed by atoms with Gasteiger partial charge in [-0.05, 0) is 24.9 Å². The van der Waals surface area contributed by atoms with E-state index in [1.165, 1.54) is 0 Å². The Morgan fingerprint density at radius 2 is 2.15 bits per heavy atom. The van der Waals surface area contributed by atoms with Gasteiger partial charge in [-0.2, -0.15) is 0 Å². The van der Waals surface area contributed by atoms with E-state index in [-0.39, 0.29) is 6.61 Å². The highest BCUT2D eigenvalue weighted by atomic mass is 16.5. The number of hydrogen-bond donors (Lipinski definition) is 2. The van der Waals surface area contributed by atoms with E-state index in [1.807, 2.05) is 12.1 Å². The lowest BCUT2D eigenvalue weighted by Crippen LogP contribution is -2.18. The van der Waals surface area contributed by atoms with Gasteiger partial charge in [-0.3, -0.25) is 0 Å². The molecule has 0 aliphatic heterocycles. The number of carboxylic acids is 1. The Labute approximate surface area is 119 Å². The molecule has 0 unspecified atom stereocenters. The van der Waals surface area contributed by atoms with Crippen LogP contribution >= 0.6 is 0 Å². The molecule has 20 heavy (non-hydrogen) atoms. The summed E-state index contributed by atoms with van der Waals surface area (Å²) in [5.74, 6) is 0.689. The molecule has 1 rings (SSSR count). The molecule has 1 aromatic rings. The fourth-order valence-corrected chi connectivity index (χ4v) is 1.77. The van der Waals surface area contributed by atoms with Crippen LogP contribution in [0.3, 0.4) is 0 Å². The minimum atomic E-state index is -1.00. The van der Waals surface area contributed by atoms with Gasteiger partial charge in [0.2, 0.25) is 0 Å². The zero-order valence-corrected chi connectivity index (χ0v) is 12.3. The Morgan fingerprint density at radius 3 is 2.75 bits per heavy atom. The molecule has 0 amide bonds. The highest BCUT2D eigenvalue weighted by Gasteiger charge is 2.12. The third-order valence-corrected chi connectivity index (χ3v) is 2.83. The number of para-hydroxylation sites is 1. The summed E-state index contributed by atoms with van der Waals surface area (Å²) >= 11 is 0. The molecule has 0 aliphatic rings. The van der Waals surface area contributed by atoms with Crippen LogP contribution in [0, 0.1) is 5.92 Å². The van der Waals surface area contributed by atoms with Crippen LogP contribution in [0.25, 0.3) is 0 Å². The van der Waals surface area contributed by atoms with Crippen molar-refractivity contribution in [3.05, 3.63) is 23.8 Å². The molecular formula is C15H23NO4. The SMILES string of the molecule is COc1cccc(CNCCC(C)C)c1OCC(=O)O. The van der Waals surface area contributed by atoms with E-state index < -0.39 is 5.97 Å². The molecule has 0 aliphatic carbocycles. The average Bonchev–Trinajstić information content (AvgIpc) is 2.41. The first-order valence-electron chi connectivity index (χ1n) is 6.75. The average molecular weight is 281 g/mol. The minimum absolute atomic E-state index is 0.376. The molecule has 0 bridgehead atoms. The van der Waals surface area contributed by atoms with Gasteiger partial charge in [0.25, 0.3) is 0 Å². The second-order valence-corrected chi connectivity index (χ2v) is 4.99. The Bertz CT molecular complexity index is 432. The predicted octanol–water partition coefficient (Wildman–Crippen LogP) is 2.29. The molecule has 112 valence electrons. The molecule has 0 radical (unpaired) electrons. The Morgan fingerprint density at radius 1 is 1.40 bits per heavy atom. The minimum Gasteiger partial charge on any atom is -0.493 e. The summed E-state index contributed by atoms with van der Waals surface area (Å²) in [7, 11) is 1.54. The van der Waals surface area contributed by atoms with E-state index in [9.17, 15) is 4.79 Å². The van der Waals surface area contributed by atoms with E-state index in [4.69, 9.17) is 14.6 Å². The van der Waals surface area contributed by atoms with Gasteiger partial charge in [0.1, 0.15) is 0 Å². The van der Waals surface area contributed by atoms with Crippen LogP contribution in [0.5, 0.6) is 11.5 Å². The Kier molecular flexibility index (Phi) is 6.87. The van der Waals surface area contributed by atoms with Crippen LogP contribution in [0.2, 0.25) is 0 Å². The van der Waals surface area contributed by atoms with Crippen molar-refractivity contribution >= 4 is 5.97 Å². The molecule has 0 spiro atoms. The molecule has 1 aromatic carbocycles. The summed E-state index contributed by atoms with van der Waals surface area (Å²) in [5.41, 5.74) is 0.898. The monoisotopic (exact) mass is 281 g/mol. The van der Waals surface area contributed by atoms with E-state index in [1.54, 1.807) is 13.2 Å². The van der Waals surface area contributed by atoms with Gasteiger partial charge >= 0.3 is 5.97 Å². The fourth-order valence-electron chi connectivity index (χ4n) is 1.77. The van der Waals surface area contributed by atoms with Gasteiger partial charge in [0.05, 0.1) is 7.11 Å². The molecule has 0 fully saturated rings. The van der Waals surface area contributed by atoms with E-state index in [2.05, 4.69) is 19.2 Å². The number of methoxy groups -OCH3 is 1. The smallest absolute Gasteiger partial charge is 0.341 e. The molecule has 0 aromatic heterocycles.